The third-order valence-corrected chi connectivity index (χ3v) is 6.44. The van der Waals surface area contributed by atoms with Crippen molar-refractivity contribution in [3.8, 4) is 0 Å². The van der Waals surface area contributed by atoms with Crippen molar-refractivity contribution in [1.29, 1.82) is 0 Å². The van der Waals surface area contributed by atoms with E-state index in [1.54, 1.807) is 0 Å². The number of rotatable bonds is 25. The molecule has 0 spiro atoms. The van der Waals surface area contributed by atoms with Crippen LogP contribution in [-0.2, 0) is 9.53 Å². The fourth-order valence-corrected chi connectivity index (χ4v) is 4.17. The monoisotopic (exact) mass is 456 g/mol. The molecule has 2 atom stereocenters. The van der Waals surface area contributed by atoms with Crippen LogP contribution in [0.2, 0.25) is 0 Å². The fraction of sp³-hybridized carbons (Fsp3) is 0.964. The van der Waals surface area contributed by atoms with Gasteiger partial charge in [-0.2, -0.15) is 0 Å². The zero-order valence-corrected chi connectivity index (χ0v) is 21.6. The second kappa shape index (κ2) is 25.0. The smallest absolute Gasteiger partial charge is 0.305 e. The molecule has 0 saturated heterocycles. The lowest BCUT2D eigenvalue weighted by molar-refractivity contribution is -0.143. The van der Waals surface area contributed by atoms with Gasteiger partial charge in [-0.25, -0.2) is 0 Å². The number of carbonyl (C=O) groups excluding carboxylic acids is 1. The number of carbonyl (C=O) groups is 1. The van der Waals surface area contributed by atoms with Crippen LogP contribution in [0.5, 0.6) is 0 Å². The van der Waals surface area contributed by atoms with Crippen LogP contribution in [0.3, 0.4) is 0 Å². The highest BCUT2D eigenvalue weighted by molar-refractivity contribution is 5.69. The summed E-state index contributed by atoms with van der Waals surface area (Å²) in [6.07, 6.45) is 23.1. The minimum atomic E-state index is -0.586. The Bertz CT molecular complexity index is 386. The number of ether oxygens (including phenoxy) is 1. The number of hydrogen-bond donors (Lipinski definition) is 2. The molecule has 0 radical (unpaired) electrons. The standard InChI is InChI=1S/C28H56O4/c1-3-5-7-9-11-12-17-21-25-32-28(31)24-20-16-13-15-19-23-27(30)26(29)22-18-14-10-8-6-4-2/h26-27,29-30H,3-25H2,1-2H3. The molecule has 0 rings (SSSR count). The van der Waals surface area contributed by atoms with Gasteiger partial charge in [0.1, 0.15) is 0 Å². The average molecular weight is 457 g/mol. The van der Waals surface area contributed by atoms with E-state index in [0.717, 1.165) is 51.4 Å². The molecule has 0 aromatic rings. The predicted octanol–water partition coefficient (Wildman–Crippen LogP) is 7.87. The predicted molar refractivity (Wildman–Crippen MR) is 136 cm³/mol. The molecule has 0 saturated carbocycles. The first kappa shape index (κ1) is 31.4. The van der Waals surface area contributed by atoms with Crippen LogP contribution >= 0.6 is 0 Å². The molecule has 0 amide bonds. The average Bonchev–Trinajstić information content (AvgIpc) is 2.79. The summed E-state index contributed by atoms with van der Waals surface area (Å²) in [5.74, 6) is -0.0545. The second-order valence-electron chi connectivity index (χ2n) is 9.69. The van der Waals surface area contributed by atoms with Gasteiger partial charge in [-0.1, -0.05) is 123 Å². The van der Waals surface area contributed by atoms with Crippen molar-refractivity contribution in [2.45, 2.75) is 167 Å². The molecule has 0 aliphatic carbocycles. The number of aliphatic hydroxyl groups excluding tert-OH is 2. The molecule has 2 N–H and O–H groups in total. The van der Waals surface area contributed by atoms with E-state index in [1.807, 2.05) is 0 Å². The van der Waals surface area contributed by atoms with Gasteiger partial charge in [-0.3, -0.25) is 4.79 Å². The van der Waals surface area contributed by atoms with Crippen LogP contribution < -0.4 is 0 Å². The van der Waals surface area contributed by atoms with Crippen LogP contribution in [0.25, 0.3) is 0 Å². The zero-order valence-electron chi connectivity index (χ0n) is 21.6. The van der Waals surface area contributed by atoms with Gasteiger partial charge >= 0.3 is 5.97 Å². The molecule has 0 aliphatic heterocycles. The van der Waals surface area contributed by atoms with Crippen molar-refractivity contribution in [3.05, 3.63) is 0 Å². The van der Waals surface area contributed by atoms with Crippen LogP contribution in [0.15, 0.2) is 0 Å². The molecule has 32 heavy (non-hydrogen) atoms. The first-order chi connectivity index (χ1) is 15.6. The summed E-state index contributed by atoms with van der Waals surface area (Å²) in [7, 11) is 0. The zero-order chi connectivity index (χ0) is 23.7. The maximum Gasteiger partial charge on any atom is 0.305 e. The van der Waals surface area contributed by atoms with E-state index in [9.17, 15) is 15.0 Å². The summed E-state index contributed by atoms with van der Waals surface area (Å²) >= 11 is 0. The quantitative estimate of drug-likeness (QED) is 0.108. The van der Waals surface area contributed by atoms with E-state index in [0.29, 0.717) is 25.9 Å². The minimum absolute atomic E-state index is 0.0545. The van der Waals surface area contributed by atoms with Gasteiger partial charge in [0.25, 0.3) is 0 Å². The maximum absolute atomic E-state index is 11.8. The van der Waals surface area contributed by atoms with E-state index in [1.165, 1.54) is 70.6 Å². The van der Waals surface area contributed by atoms with Gasteiger partial charge in [0.2, 0.25) is 0 Å². The Balaban J connectivity index is 3.38. The third-order valence-electron chi connectivity index (χ3n) is 6.44. The van der Waals surface area contributed by atoms with Crippen molar-refractivity contribution < 1.29 is 19.7 Å². The Kier molecular flexibility index (Phi) is 24.5. The maximum atomic E-state index is 11.8. The summed E-state index contributed by atoms with van der Waals surface area (Å²) in [5, 5.41) is 20.2. The molecule has 0 aromatic carbocycles. The molecule has 0 fully saturated rings. The molecular weight excluding hydrogens is 400 g/mol. The lowest BCUT2D eigenvalue weighted by atomic mass is 9.99. The van der Waals surface area contributed by atoms with Crippen molar-refractivity contribution in [3.63, 3.8) is 0 Å². The minimum Gasteiger partial charge on any atom is -0.466 e. The summed E-state index contributed by atoms with van der Waals surface area (Å²) in [4.78, 5) is 11.8. The molecule has 4 nitrogen and oxygen atoms in total. The molecule has 192 valence electrons. The summed E-state index contributed by atoms with van der Waals surface area (Å²) in [5.41, 5.74) is 0. The van der Waals surface area contributed by atoms with Gasteiger partial charge in [-0.05, 0) is 25.7 Å². The molecule has 4 heteroatoms. The molecule has 2 unspecified atom stereocenters. The normalized spacial score (nSPS) is 13.2. The lowest BCUT2D eigenvalue weighted by Gasteiger charge is -2.17. The van der Waals surface area contributed by atoms with E-state index in [2.05, 4.69) is 13.8 Å². The summed E-state index contributed by atoms with van der Waals surface area (Å²) in [6.45, 7) is 5.03. The number of unbranched alkanes of at least 4 members (excludes halogenated alkanes) is 16. The Morgan fingerprint density at radius 2 is 0.938 bits per heavy atom. The van der Waals surface area contributed by atoms with Gasteiger partial charge in [-0.15, -0.1) is 0 Å². The van der Waals surface area contributed by atoms with E-state index in [-0.39, 0.29) is 5.97 Å². The first-order valence-electron chi connectivity index (χ1n) is 14.1. The molecular formula is C28H56O4. The highest BCUT2D eigenvalue weighted by atomic mass is 16.5. The SMILES string of the molecule is CCCCCCCCCCOC(=O)CCCCCCCC(O)C(O)CCCCCCCC. The highest BCUT2D eigenvalue weighted by Crippen LogP contribution is 2.15. The summed E-state index contributed by atoms with van der Waals surface area (Å²) in [6, 6.07) is 0. The van der Waals surface area contributed by atoms with Crippen LogP contribution in [0.1, 0.15) is 155 Å². The van der Waals surface area contributed by atoms with Crippen molar-refractivity contribution in [1.82, 2.24) is 0 Å². The number of esters is 1. The topological polar surface area (TPSA) is 66.8 Å². The molecule has 0 heterocycles. The van der Waals surface area contributed by atoms with Crippen molar-refractivity contribution >= 4 is 5.97 Å². The second-order valence-corrected chi connectivity index (χ2v) is 9.69. The summed E-state index contributed by atoms with van der Waals surface area (Å²) < 4.78 is 5.33. The fourth-order valence-electron chi connectivity index (χ4n) is 4.17. The van der Waals surface area contributed by atoms with E-state index < -0.39 is 12.2 Å². The van der Waals surface area contributed by atoms with Gasteiger partial charge < -0.3 is 14.9 Å². The largest absolute Gasteiger partial charge is 0.466 e. The van der Waals surface area contributed by atoms with Crippen LogP contribution in [-0.4, -0.2) is 35.0 Å². The molecule has 0 aliphatic rings. The third kappa shape index (κ3) is 22.6. The molecule has 0 aromatic heterocycles. The van der Waals surface area contributed by atoms with Crippen LogP contribution in [0, 0.1) is 0 Å². The van der Waals surface area contributed by atoms with E-state index in [4.69, 9.17) is 4.74 Å². The van der Waals surface area contributed by atoms with Crippen molar-refractivity contribution in [2.24, 2.45) is 0 Å². The first-order valence-corrected chi connectivity index (χ1v) is 14.1. The van der Waals surface area contributed by atoms with E-state index >= 15 is 0 Å². The van der Waals surface area contributed by atoms with Gasteiger partial charge in [0.15, 0.2) is 0 Å². The Morgan fingerprint density at radius 3 is 1.41 bits per heavy atom. The number of aliphatic hydroxyl groups is 2. The Labute approximate surface area is 199 Å². The highest BCUT2D eigenvalue weighted by Gasteiger charge is 2.15. The van der Waals surface area contributed by atoms with Gasteiger partial charge in [0, 0.05) is 6.42 Å². The Hall–Kier alpha value is -0.610. The lowest BCUT2D eigenvalue weighted by Crippen LogP contribution is -2.25. The Morgan fingerprint density at radius 1 is 0.562 bits per heavy atom. The van der Waals surface area contributed by atoms with Gasteiger partial charge in [0.05, 0.1) is 18.8 Å². The van der Waals surface area contributed by atoms with Crippen molar-refractivity contribution in [2.75, 3.05) is 6.61 Å². The number of hydrogen-bond acceptors (Lipinski definition) is 4. The van der Waals surface area contributed by atoms with Crippen LogP contribution in [0.4, 0.5) is 0 Å². The molecule has 0 bridgehead atoms.